The van der Waals surface area contributed by atoms with E-state index < -0.39 is 23.9 Å². The monoisotopic (exact) mass is 329 g/mol. The van der Waals surface area contributed by atoms with Gasteiger partial charge in [0.1, 0.15) is 6.17 Å². The summed E-state index contributed by atoms with van der Waals surface area (Å²) in [6.07, 6.45) is -5.46. The van der Waals surface area contributed by atoms with Gasteiger partial charge in [0, 0.05) is 13.2 Å². The van der Waals surface area contributed by atoms with Gasteiger partial charge in [-0.25, -0.2) is 4.39 Å². The minimum atomic E-state index is -4.75. The van der Waals surface area contributed by atoms with Crippen LogP contribution in [0.2, 0.25) is 0 Å². The third kappa shape index (κ3) is 4.08. The summed E-state index contributed by atoms with van der Waals surface area (Å²) < 4.78 is 61.1. The summed E-state index contributed by atoms with van der Waals surface area (Å²) in [4.78, 5) is 21.9. The Labute approximate surface area is 125 Å². The highest BCUT2D eigenvalue weighted by Crippen LogP contribution is 2.42. The number of nitrogens with zero attached hydrogens (tertiary/aromatic N) is 1. The van der Waals surface area contributed by atoms with E-state index in [1.807, 2.05) is 0 Å². The zero-order chi connectivity index (χ0) is 16.8. The minimum Gasteiger partial charge on any atom is -0.471 e. The number of likely N-dealkylation sites (tertiary alicyclic amines) is 1. The second-order valence-corrected chi connectivity index (χ2v) is 5.10. The van der Waals surface area contributed by atoms with E-state index >= 15 is 0 Å². The van der Waals surface area contributed by atoms with Gasteiger partial charge >= 0.3 is 6.18 Å². The first kappa shape index (κ1) is 18.7. The number of ether oxygens (including phenoxy) is 2. The lowest BCUT2D eigenvalue weighted by Crippen LogP contribution is -2.60. The lowest BCUT2D eigenvalue weighted by Gasteiger charge is -2.39. The molecule has 0 radical (unpaired) electrons. The Morgan fingerprint density at radius 3 is 2.41 bits per heavy atom. The average molecular weight is 329 g/mol. The normalized spacial score (nSPS) is 28.6. The highest BCUT2D eigenvalue weighted by molar-refractivity contribution is 5.86. The summed E-state index contributed by atoms with van der Waals surface area (Å²) in [5.41, 5.74) is -2.75. The molecule has 0 aromatic carbocycles. The summed E-state index contributed by atoms with van der Waals surface area (Å²) in [5, 5.41) is 0. The van der Waals surface area contributed by atoms with Crippen molar-refractivity contribution in [2.45, 2.75) is 43.6 Å². The van der Waals surface area contributed by atoms with Crippen LogP contribution in [0.4, 0.5) is 17.6 Å². The van der Waals surface area contributed by atoms with E-state index in [1.165, 1.54) is 7.11 Å². The van der Waals surface area contributed by atoms with Gasteiger partial charge in [0.15, 0.2) is 0 Å². The molecule has 0 N–H and O–H groups in total. The molecule has 2 atom stereocenters. The van der Waals surface area contributed by atoms with Crippen LogP contribution < -0.4 is 0 Å². The molecule has 0 aliphatic carbocycles. The maximum absolute atomic E-state index is 13.1. The van der Waals surface area contributed by atoms with E-state index in [1.54, 1.807) is 0 Å². The Morgan fingerprint density at radius 1 is 1.41 bits per heavy atom. The van der Waals surface area contributed by atoms with Crippen LogP contribution in [0.3, 0.4) is 0 Å². The van der Waals surface area contributed by atoms with Crippen LogP contribution in [0.15, 0.2) is 0 Å². The summed E-state index contributed by atoms with van der Waals surface area (Å²) in [7, 11) is 1.31. The third-order valence-corrected chi connectivity index (χ3v) is 3.59. The first-order valence-electron chi connectivity index (χ1n) is 6.89. The van der Waals surface area contributed by atoms with Gasteiger partial charge in [-0.3, -0.25) is 9.59 Å². The van der Waals surface area contributed by atoms with Gasteiger partial charge in [0.2, 0.25) is 5.60 Å². The molecule has 0 bridgehead atoms. The molecule has 2 fully saturated rings. The van der Waals surface area contributed by atoms with Crippen LogP contribution in [0, 0.1) is 0 Å². The molecule has 2 saturated heterocycles. The second-order valence-electron chi connectivity index (χ2n) is 5.10. The standard InChI is InChI=1S/C11H15F4NO2.C2H4O2/c12-8-3-5-16(7-8)9(17)10(11(13,14)15)4-1-2-6-18-10;1-4-2-3/h8H,1-7H2;2H,1H3. The van der Waals surface area contributed by atoms with Crippen LogP contribution in [0.25, 0.3) is 0 Å². The number of amides is 1. The Morgan fingerprint density at radius 2 is 2.05 bits per heavy atom. The van der Waals surface area contributed by atoms with E-state index in [-0.39, 0.29) is 39.0 Å². The fourth-order valence-electron chi connectivity index (χ4n) is 2.47. The summed E-state index contributed by atoms with van der Waals surface area (Å²) in [6.45, 7) is 0.0549. The fourth-order valence-corrected chi connectivity index (χ4v) is 2.47. The van der Waals surface area contributed by atoms with Gasteiger partial charge in [0.25, 0.3) is 12.4 Å². The lowest BCUT2D eigenvalue weighted by atomic mass is 9.91. The largest absolute Gasteiger partial charge is 0.471 e. The average Bonchev–Trinajstić information content (AvgIpc) is 2.93. The summed E-state index contributed by atoms with van der Waals surface area (Å²) in [5.74, 6) is -1.13. The van der Waals surface area contributed by atoms with Crippen molar-refractivity contribution in [3.63, 3.8) is 0 Å². The highest BCUT2D eigenvalue weighted by Gasteiger charge is 2.63. The number of alkyl halides is 4. The van der Waals surface area contributed by atoms with Gasteiger partial charge in [-0.05, 0) is 25.7 Å². The van der Waals surface area contributed by atoms with Crippen molar-refractivity contribution in [3.8, 4) is 0 Å². The molecule has 0 aromatic heterocycles. The first-order chi connectivity index (χ1) is 10.3. The van der Waals surface area contributed by atoms with Crippen molar-refractivity contribution in [1.82, 2.24) is 4.90 Å². The van der Waals surface area contributed by atoms with Gasteiger partial charge < -0.3 is 14.4 Å². The zero-order valence-electron chi connectivity index (χ0n) is 12.2. The zero-order valence-corrected chi connectivity index (χ0v) is 12.2. The molecule has 9 heteroatoms. The quantitative estimate of drug-likeness (QED) is 0.573. The summed E-state index contributed by atoms with van der Waals surface area (Å²) in [6, 6.07) is 0. The van der Waals surface area contributed by atoms with Crippen molar-refractivity contribution in [3.05, 3.63) is 0 Å². The molecular weight excluding hydrogens is 310 g/mol. The summed E-state index contributed by atoms with van der Waals surface area (Å²) >= 11 is 0. The molecule has 2 aliphatic rings. The molecule has 0 saturated carbocycles. The fraction of sp³-hybridized carbons (Fsp3) is 0.846. The Bertz CT molecular complexity index is 383. The Balaban J connectivity index is 0.000000541. The van der Waals surface area contributed by atoms with Gasteiger partial charge in [-0.1, -0.05) is 0 Å². The smallest absolute Gasteiger partial charge is 0.426 e. The van der Waals surface area contributed by atoms with Crippen molar-refractivity contribution in [2.75, 3.05) is 26.8 Å². The Kier molecular flexibility index (Phi) is 6.58. The molecule has 1 amide bonds. The number of carbonyl (C=O) groups is 2. The number of hydrogen-bond donors (Lipinski definition) is 0. The van der Waals surface area contributed by atoms with Crippen LogP contribution in [-0.2, 0) is 19.1 Å². The number of halogens is 4. The molecule has 0 spiro atoms. The SMILES string of the molecule is COC=O.O=C(N1CCC(F)C1)C1(C(F)(F)F)CCCCO1. The topological polar surface area (TPSA) is 55.8 Å². The molecule has 128 valence electrons. The molecule has 2 unspecified atom stereocenters. The van der Waals surface area contributed by atoms with E-state index in [2.05, 4.69) is 4.74 Å². The molecule has 5 nitrogen and oxygen atoms in total. The van der Waals surface area contributed by atoms with Crippen LogP contribution in [-0.4, -0.2) is 62.0 Å². The highest BCUT2D eigenvalue weighted by atomic mass is 19.4. The van der Waals surface area contributed by atoms with Crippen molar-refractivity contribution in [1.29, 1.82) is 0 Å². The van der Waals surface area contributed by atoms with Gasteiger partial charge in [-0.2, -0.15) is 13.2 Å². The third-order valence-electron chi connectivity index (χ3n) is 3.59. The van der Waals surface area contributed by atoms with Crippen LogP contribution >= 0.6 is 0 Å². The maximum Gasteiger partial charge on any atom is 0.426 e. The Hall–Kier alpha value is -1.38. The van der Waals surface area contributed by atoms with E-state index in [9.17, 15) is 22.4 Å². The predicted octanol–water partition coefficient (Wildman–Crippen LogP) is 1.85. The number of methoxy groups -OCH3 is 1. The maximum atomic E-state index is 13.1. The van der Waals surface area contributed by atoms with E-state index in [0.29, 0.717) is 12.9 Å². The first-order valence-corrected chi connectivity index (χ1v) is 6.89. The van der Waals surface area contributed by atoms with Crippen LogP contribution in [0.1, 0.15) is 25.7 Å². The molecular formula is C13H19F4NO4. The number of rotatable bonds is 2. The minimum absolute atomic E-state index is 0.0290. The molecule has 0 aromatic rings. The molecule has 2 heterocycles. The number of carbonyl (C=O) groups excluding carboxylic acids is 2. The number of hydrogen-bond acceptors (Lipinski definition) is 4. The van der Waals surface area contributed by atoms with Gasteiger partial charge in [0.05, 0.1) is 13.7 Å². The second kappa shape index (κ2) is 7.75. The van der Waals surface area contributed by atoms with Gasteiger partial charge in [-0.15, -0.1) is 0 Å². The van der Waals surface area contributed by atoms with Crippen molar-refractivity contribution >= 4 is 12.4 Å². The van der Waals surface area contributed by atoms with Crippen molar-refractivity contribution in [2.24, 2.45) is 0 Å². The lowest BCUT2D eigenvalue weighted by molar-refractivity contribution is -0.281. The van der Waals surface area contributed by atoms with Crippen molar-refractivity contribution < 1.29 is 36.6 Å². The molecule has 2 rings (SSSR count). The predicted molar refractivity (Wildman–Crippen MR) is 67.8 cm³/mol. The molecule has 22 heavy (non-hydrogen) atoms. The molecule has 2 aliphatic heterocycles. The van der Waals surface area contributed by atoms with E-state index in [4.69, 9.17) is 9.53 Å². The van der Waals surface area contributed by atoms with Crippen LogP contribution in [0.5, 0.6) is 0 Å². The van der Waals surface area contributed by atoms with E-state index in [0.717, 1.165) is 4.90 Å².